The van der Waals surface area contributed by atoms with E-state index in [1.807, 2.05) is 24.3 Å². The molecule has 21 heavy (non-hydrogen) atoms. The minimum absolute atomic E-state index is 0.0101. The Balaban J connectivity index is 2.46. The summed E-state index contributed by atoms with van der Waals surface area (Å²) in [4.78, 5) is 11.3. The summed E-state index contributed by atoms with van der Waals surface area (Å²) < 4.78 is 6.21. The van der Waals surface area contributed by atoms with Crippen LogP contribution in [-0.4, -0.2) is 25.6 Å². The van der Waals surface area contributed by atoms with Crippen LogP contribution < -0.4 is 15.4 Å². The summed E-state index contributed by atoms with van der Waals surface area (Å²) in [5.74, 6) is 0.906. The molecule has 2 N–H and O–H groups in total. The molecule has 1 aromatic carbocycles. The predicted octanol–water partition coefficient (Wildman–Crippen LogP) is 2.21. The average Bonchev–Trinajstić information content (AvgIpc) is 2.43. The van der Waals surface area contributed by atoms with Crippen molar-refractivity contribution >= 4 is 21.8 Å². The van der Waals surface area contributed by atoms with Crippen LogP contribution in [0.5, 0.6) is 5.75 Å². The van der Waals surface area contributed by atoms with E-state index in [0.717, 1.165) is 23.1 Å². The van der Waals surface area contributed by atoms with Gasteiger partial charge in [-0.15, -0.1) is 0 Å². The molecule has 1 aromatic rings. The van der Waals surface area contributed by atoms with Crippen molar-refractivity contribution in [3.63, 3.8) is 0 Å². The number of hydrogen-bond acceptors (Lipinski definition) is 4. The molecule has 0 aliphatic carbocycles. The second-order valence-corrected chi connectivity index (χ2v) is 5.87. The van der Waals surface area contributed by atoms with Gasteiger partial charge in [-0.1, -0.05) is 19.9 Å². The highest BCUT2D eigenvalue weighted by Crippen LogP contribution is 2.25. The van der Waals surface area contributed by atoms with Crippen LogP contribution in [-0.2, 0) is 11.3 Å². The molecule has 0 aliphatic heterocycles. The fourth-order valence-corrected chi connectivity index (χ4v) is 2.15. The van der Waals surface area contributed by atoms with Gasteiger partial charge in [-0.05, 0) is 46.1 Å². The Morgan fingerprint density at radius 1 is 1.48 bits per heavy atom. The fraction of sp³-hybridized carbons (Fsp3) is 0.467. The van der Waals surface area contributed by atoms with Crippen LogP contribution in [0.15, 0.2) is 22.7 Å². The molecule has 0 saturated heterocycles. The van der Waals surface area contributed by atoms with Crippen LogP contribution in [0.3, 0.4) is 0 Å². The standard InChI is InChI=1S/C15H20BrN3O2/c1-11(2)8-18-9-12-3-4-14(13(16)7-12)21-10-15(20)19-6-5-17/h3-4,7,11,18H,6,8-10H2,1-2H3,(H,19,20). The van der Waals surface area contributed by atoms with Crippen molar-refractivity contribution < 1.29 is 9.53 Å². The van der Waals surface area contributed by atoms with Gasteiger partial charge in [0.15, 0.2) is 6.61 Å². The van der Waals surface area contributed by atoms with Crippen molar-refractivity contribution in [3.8, 4) is 11.8 Å². The highest BCUT2D eigenvalue weighted by molar-refractivity contribution is 9.10. The summed E-state index contributed by atoms with van der Waals surface area (Å²) >= 11 is 3.43. The molecule has 0 bridgehead atoms. The van der Waals surface area contributed by atoms with E-state index in [4.69, 9.17) is 10.00 Å². The van der Waals surface area contributed by atoms with Crippen LogP contribution in [0.1, 0.15) is 19.4 Å². The molecule has 0 heterocycles. The Hall–Kier alpha value is -1.58. The van der Waals surface area contributed by atoms with Gasteiger partial charge in [0.2, 0.25) is 0 Å². The second kappa shape index (κ2) is 9.37. The monoisotopic (exact) mass is 353 g/mol. The first-order valence-electron chi connectivity index (χ1n) is 6.78. The summed E-state index contributed by atoms with van der Waals surface area (Å²) in [5.41, 5.74) is 1.14. The van der Waals surface area contributed by atoms with Crippen LogP contribution in [0.25, 0.3) is 0 Å². The highest BCUT2D eigenvalue weighted by Gasteiger charge is 2.06. The fourth-order valence-electron chi connectivity index (χ4n) is 1.61. The van der Waals surface area contributed by atoms with Gasteiger partial charge in [0.25, 0.3) is 5.91 Å². The molecule has 0 spiro atoms. The lowest BCUT2D eigenvalue weighted by Crippen LogP contribution is -2.29. The van der Waals surface area contributed by atoms with Crippen LogP contribution in [0.4, 0.5) is 0 Å². The zero-order valence-electron chi connectivity index (χ0n) is 12.3. The molecule has 0 fully saturated rings. The van der Waals surface area contributed by atoms with E-state index < -0.39 is 0 Å². The lowest BCUT2D eigenvalue weighted by molar-refractivity contribution is -0.122. The maximum absolute atomic E-state index is 11.3. The van der Waals surface area contributed by atoms with Crippen molar-refractivity contribution in [3.05, 3.63) is 28.2 Å². The number of ether oxygens (including phenoxy) is 1. The van der Waals surface area contributed by atoms with E-state index in [1.54, 1.807) is 0 Å². The smallest absolute Gasteiger partial charge is 0.258 e. The van der Waals surface area contributed by atoms with Crippen molar-refractivity contribution in [2.75, 3.05) is 19.7 Å². The van der Waals surface area contributed by atoms with Gasteiger partial charge in [0, 0.05) is 6.54 Å². The Morgan fingerprint density at radius 3 is 2.86 bits per heavy atom. The van der Waals surface area contributed by atoms with E-state index in [0.29, 0.717) is 11.7 Å². The van der Waals surface area contributed by atoms with E-state index >= 15 is 0 Å². The third-order valence-corrected chi connectivity index (χ3v) is 3.22. The minimum Gasteiger partial charge on any atom is -0.483 e. The first kappa shape index (κ1) is 17.5. The number of halogens is 1. The number of amides is 1. The Kier molecular flexibility index (Phi) is 7.80. The van der Waals surface area contributed by atoms with Gasteiger partial charge in [0.05, 0.1) is 10.5 Å². The number of nitrogens with one attached hydrogen (secondary N) is 2. The largest absolute Gasteiger partial charge is 0.483 e. The van der Waals surface area contributed by atoms with E-state index in [-0.39, 0.29) is 19.1 Å². The molecule has 0 atom stereocenters. The number of rotatable bonds is 8. The molecule has 5 nitrogen and oxygen atoms in total. The number of nitriles is 1. The second-order valence-electron chi connectivity index (χ2n) is 5.01. The van der Waals surface area contributed by atoms with Crippen LogP contribution >= 0.6 is 15.9 Å². The highest BCUT2D eigenvalue weighted by atomic mass is 79.9. The zero-order valence-corrected chi connectivity index (χ0v) is 13.9. The zero-order chi connectivity index (χ0) is 15.7. The van der Waals surface area contributed by atoms with Crippen molar-refractivity contribution in [2.24, 2.45) is 5.92 Å². The maximum atomic E-state index is 11.3. The molecule has 1 amide bonds. The predicted molar refractivity (Wildman–Crippen MR) is 84.8 cm³/mol. The normalized spacial score (nSPS) is 10.2. The number of carbonyl (C=O) groups is 1. The maximum Gasteiger partial charge on any atom is 0.258 e. The van der Waals surface area contributed by atoms with Crippen LogP contribution in [0, 0.1) is 17.2 Å². The molecule has 0 saturated carbocycles. The molecule has 0 unspecified atom stereocenters. The van der Waals surface area contributed by atoms with Crippen LogP contribution in [0.2, 0.25) is 0 Å². The number of hydrogen-bond donors (Lipinski definition) is 2. The Bertz CT molecular complexity index is 512. The Labute approximate surface area is 133 Å². The Morgan fingerprint density at radius 2 is 2.24 bits per heavy atom. The molecule has 114 valence electrons. The van der Waals surface area contributed by atoms with Gasteiger partial charge in [-0.3, -0.25) is 4.79 Å². The molecular formula is C15H20BrN3O2. The minimum atomic E-state index is -0.314. The molecule has 0 aromatic heterocycles. The van der Waals surface area contributed by atoms with Gasteiger partial charge in [-0.25, -0.2) is 0 Å². The third-order valence-electron chi connectivity index (χ3n) is 2.60. The first-order valence-corrected chi connectivity index (χ1v) is 7.57. The number of carbonyl (C=O) groups excluding carboxylic acids is 1. The molecule has 6 heteroatoms. The SMILES string of the molecule is CC(C)CNCc1ccc(OCC(=O)NCC#N)c(Br)c1. The summed E-state index contributed by atoms with van der Waals surface area (Å²) in [6.45, 7) is 5.97. The van der Waals surface area contributed by atoms with Gasteiger partial charge >= 0.3 is 0 Å². The summed E-state index contributed by atoms with van der Waals surface area (Å²) in [7, 11) is 0. The lowest BCUT2D eigenvalue weighted by atomic mass is 10.2. The average molecular weight is 354 g/mol. The summed E-state index contributed by atoms with van der Waals surface area (Å²) in [5, 5.41) is 14.1. The van der Waals surface area contributed by atoms with Gasteiger partial charge < -0.3 is 15.4 Å². The topological polar surface area (TPSA) is 74.2 Å². The summed E-state index contributed by atoms with van der Waals surface area (Å²) in [6, 6.07) is 7.59. The third kappa shape index (κ3) is 7.11. The molecule has 1 rings (SSSR count). The quantitative estimate of drug-likeness (QED) is 0.702. The van der Waals surface area contributed by atoms with Crippen molar-refractivity contribution in [2.45, 2.75) is 20.4 Å². The summed E-state index contributed by atoms with van der Waals surface area (Å²) in [6.07, 6.45) is 0. The first-order chi connectivity index (χ1) is 10.0. The van der Waals surface area contributed by atoms with E-state index in [9.17, 15) is 4.79 Å². The molecule has 0 aliphatic rings. The number of benzene rings is 1. The van der Waals surface area contributed by atoms with Gasteiger partial charge in [0.1, 0.15) is 12.3 Å². The molecule has 0 radical (unpaired) electrons. The van der Waals surface area contributed by atoms with Crippen molar-refractivity contribution in [1.29, 1.82) is 5.26 Å². The molecular weight excluding hydrogens is 334 g/mol. The number of nitrogens with zero attached hydrogens (tertiary/aromatic N) is 1. The lowest BCUT2D eigenvalue weighted by Gasteiger charge is -2.11. The van der Waals surface area contributed by atoms with Gasteiger partial charge in [-0.2, -0.15) is 5.26 Å². The van der Waals surface area contributed by atoms with E-state index in [1.165, 1.54) is 0 Å². The van der Waals surface area contributed by atoms with Crippen molar-refractivity contribution in [1.82, 2.24) is 10.6 Å². The van der Waals surface area contributed by atoms with E-state index in [2.05, 4.69) is 40.4 Å².